The molecule has 1 aliphatic carbocycles. The van der Waals surface area contributed by atoms with Crippen LogP contribution in [0, 0.1) is 11.8 Å². The van der Waals surface area contributed by atoms with Crippen LogP contribution in [0.2, 0.25) is 0 Å². The third-order valence-electron chi connectivity index (χ3n) is 6.69. The Bertz CT molecular complexity index is 985. The fourth-order valence-electron chi connectivity index (χ4n) is 4.76. The molecule has 2 N–H and O–H groups in total. The van der Waals surface area contributed by atoms with Gasteiger partial charge in [0.05, 0.1) is 6.42 Å². The highest BCUT2D eigenvalue weighted by atomic mass is 16.5. The summed E-state index contributed by atoms with van der Waals surface area (Å²) in [6.07, 6.45) is 0.708. The highest BCUT2D eigenvalue weighted by Gasteiger charge is 2.33. The van der Waals surface area contributed by atoms with E-state index in [4.69, 9.17) is 9.84 Å². The number of alkyl carbamates (subject to hydrolysis) is 1. The number of carbonyl (C=O) groups is 3. The summed E-state index contributed by atoms with van der Waals surface area (Å²) in [5.41, 5.74) is 4.70. The van der Waals surface area contributed by atoms with Crippen LogP contribution < -0.4 is 5.32 Å². The number of rotatable bonds is 9. The Kier molecular flexibility index (Phi) is 6.96. The van der Waals surface area contributed by atoms with E-state index in [1.54, 1.807) is 4.90 Å². The molecule has 2 aliphatic rings. The van der Waals surface area contributed by atoms with Crippen LogP contribution in [0.4, 0.5) is 4.79 Å². The molecule has 2 amide bonds. The monoisotopic (exact) mass is 450 g/mol. The van der Waals surface area contributed by atoms with Gasteiger partial charge in [0.1, 0.15) is 6.61 Å². The van der Waals surface area contributed by atoms with E-state index in [2.05, 4.69) is 29.6 Å². The summed E-state index contributed by atoms with van der Waals surface area (Å²) >= 11 is 0. The van der Waals surface area contributed by atoms with E-state index in [1.165, 1.54) is 22.3 Å². The second kappa shape index (κ2) is 10.1. The maximum absolute atomic E-state index is 12.4. The maximum atomic E-state index is 12.4. The number of nitrogens with one attached hydrogen (secondary N) is 1. The molecule has 0 saturated carbocycles. The molecule has 174 valence electrons. The van der Waals surface area contributed by atoms with Gasteiger partial charge in [-0.15, -0.1) is 0 Å². The van der Waals surface area contributed by atoms with Crippen LogP contribution in [0.15, 0.2) is 48.5 Å². The first-order chi connectivity index (χ1) is 16.0. The number of carboxylic acids is 1. The molecule has 1 heterocycles. The predicted octanol–water partition coefficient (Wildman–Crippen LogP) is 3.87. The lowest BCUT2D eigenvalue weighted by Crippen LogP contribution is -2.51. The Hall–Kier alpha value is -3.35. The molecule has 1 aliphatic heterocycles. The summed E-state index contributed by atoms with van der Waals surface area (Å²) in [7, 11) is 0. The number of carboxylic acid groups (broad SMARTS) is 1. The van der Waals surface area contributed by atoms with Crippen molar-refractivity contribution in [3.05, 3.63) is 59.7 Å². The van der Waals surface area contributed by atoms with Gasteiger partial charge in [-0.2, -0.15) is 0 Å². The number of benzene rings is 2. The lowest BCUT2D eigenvalue weighted by molar-refractivity contribution is -0.145. The zero-order valence-corrected chi connectivity index (χ0v) is 18.8. The molecular weight excluding hydrogens is 420 g/mol. The molecule has 2 aromatic carbocycles. The number of likely N-dealkylation sites (tertiary alicyclic amines) is 1. The van der Waals surface area contributed by atoms with Crippen molar-refractivity contribution in [2.45, 2.75) is 32.1 Å². The zero-order valence-electron chi connectivity index (χ0n) is 18.8. The number of carbonyl (C=O) groups excluding carboxylic acids is 2. The number of hydrogen-bond acceptors (Lipinski definition) is 4. The van der Waals surface area contributed by atoms with E-state index in [1.807, 2.05) is 31.2 Å². The van der Waals surface area contributed by atoms with Gasteiger partial charge in [0.15, 0.2) is 0 Å². The summed E-state index contributed by atoms with van der Waals surface area (Å²) in [6, 6.07) is 16.4. The Morgan fingerprint density at radius 2 is 1.67 bits per heavy atom. The molecule has 7 heteroatoms. The van der Waals surface area contributed by atoms with Gasteiger partial charge in [0.2, 0.25) is 5.91 Å². The predicted molar refractivity (Wildman–Crippen MR) is 124 cm³/mol. The van der Waals surface area contributed by atoms with Crippen LogP contribution in [0.25, 0.3) is 11.1 Å². The summed E-state index contributed by atoms with van der Waals surface area (Å²) in [6.45, 7) is 3.61. The Morgan fingerprint density at radius 1 is 1.06 bits per heavy atom. The van der Waals surface area contributed by atoms with Crippen molar-refractivity contribution in [1.82, 2.24) is 10.2 Å². The Labute approximate surface area is 193 Å². The topological polar surface area (TPSA) is 95.9 Å². The average Bonchev–Trinajstić information content (AvgIpc) is 3.10. The first-order valence-corrected chi connectivity index (χ1v) is 11.5. The van der Waals surface area contributed by atoms with Crippen molar-refractivity contribution < 1.29 is 24.2 Å². The maximum Gasteiger partial charge on any atom is 0.407 e. The highest BCUT2D eigenvalue weighted by Crippen LogP contribution is 2.44. The summed E-state index contributed by atoms with van der Waals surface area (Å²) in [5, 5.41) is 11.6. The van der Waals surface area contributed by atoms with Crippen molar-refractivity contribution >= 4 is 18.0 Å². The third-order valence-corrected chi connectivity index (χ3v) is 6.69. The van der Waals surface area contributed by atoms with Crippen molar-refractivity contribution in [1.29, 1.82) is 0 Å². The van der Waals surface area contributed by atoms with E-state index in [0.717, 1.165) is 6.42 Å². The fraction of sp³-hybridized carbons (Fsp3) is 0.423. The van der Waals surface area contributed by atoms with Crippen LogP contribution in [0.1, 0.15) is 43.2 Å². The van der Waals surface area contributed by atoms with Crippen molar-refractivity contribution in [3.8, 4) is 11.1 Å². The molecule has 0 spiro atoms. The van der Waals surface area contributed by atoms with Gasteiger partial charge in [-0.25, -0.2) is 4.79 Å². The molecule has 4 rings (SSSR count). The summed E-state index contributed by atoms with van der Waals surface area (Å²) in [5.74, 6) is -0.748. The Balaban J connectivity index is 1.24. The van der Waals surface area contributed by atoms with Gasteiger partial charge in [-0.05, 0) is 28.2 Å². The largest absolute Gasteiger partial charge is 0.481 e. The number of aliphatic carboxylic acids is 1. The van der Waals surface area contributed by atoms with Crippen molar-refractivity contribution in [2.24, 2.45) is 11.8 Å². The number of ether oxygens (including phenoxy) is 1. The normalized spacial score (nSPS) is 15.8. The smallest absolute Gasteiger partial charge is 0.407 e. The molecule has 33 heavy (non-hydrogen) atoms. The van der Waals surface area contributed by atoms with Gasteiger partial charge in [0.25, 0.3) is 0 Å². The van der Waals surface area contributed by atoms with Crippen LogP contribution in [-0.2, 0) is 14.3 Å². The third kappa shape index (κ3) is 5.18. The van der Waals surface area contributed by atoms with E-state index < -0.39 is 12.1 Å². The van der Waals surface area contributed by atoms with Crippen LogP contribution in [-0.4, -0.2) is 54.2 Å². The molecule has 0 bridgehead atoms. The second-order valence-electron chi connectivity index (χ2n) is 8.95. The van der Waals surface area contributed by atoms with E-state index >= 15 is 0 Å². The van der Waals surface area contributed by atoms with E-state index in [0.29, 0.717) is 26.1 Å². The van der Waals surface area contributed by atoms with Crippen LogP contribution in [0.5, 0.6) is 0 Å². The number of nitrogens with zero attached hydrogens (tertiary/aromatic N) is 1. The van der Waals surface area contributed by atoms with Gasteiger partial charge in [-0.3, -0.25) is 9.59 Å². The molecule has 1 saturated heterocycles. The van der Waals surface area contributed by atoms with Gasteiger partial charge < -0.3 is 20.1 Å². The fourth-order valence-corrected chi connectivity index (χ4v) is 4.76. The lowest BCUT2D eigenvalue weighted by atomic mass is 9.94. The minimum atomic E-state index is -0.828. The second-order valence-corrected chi connectivity index (χ2v) is 8.95. The average molecular weight is 451 g/mol. The van der Waals surface area contributed by atoms with Gasteiger partial charge in [-0.1, -0.05) is 61.9 Å². The molecular formula is C26H30N2O5. The molecule has 1 fully saturated rings. The Morgan fingerprint density at radius 3 is 2.24 bits per heavy atom. The molecule has 0 aromatic heterocycles. The minimum Gasteiger partial charge on any atom is -0.481 e. The molecule has 1 atom stereocenters. The molecule has 7 nitrogen and oxygen atoms in total. The minimum absolute atomic E-state index is 0.0107. The lowest BCUT2D eigenvalue weighted by Gasteiger charge is -2.39. The molecule has 2 aromatic rings. The number of amides is 2. The van der Waals surface area contributed by atoms with Gasteiger partial charge >= 0.3 is 12.1 Å². The zero-order chi connectivity index (χ0) is 23.4. The number of fused-ring (bicyclic) bond motifs is 3. The molecule has 1 unspecified atom stereocenters. The first-order valence-electron chi connectivity index (χ1n) is 11.5. The van der Waals surface area contributed by atoms with Crippen molar-refractivity contribution in [2.75, 3.05) is 26.2 Å². The summed E-state index contributed by atoms with van der Waals surface area (Å²) in [4.78, 5) is 37.3. The molecule has 0 radical (unpaired) electrons. The first kappa shape index (κ1) is 22.8. The van der Waals surface area contributed by atoms with Gasteiger partial charge in [0, 0.05) is 37.9 Å². The SMILES string of the molecule is CCC(CNC(=O)OCC1c2ccccc2-c2ccccc21)CC(=O)N1CC(CC(=O)O)C1. The van der Waals surface area contributed by atoms with Crippen LogP contribution >= 0.6 is 0 Å². The standard InChI is InChI=1S/C26H30N2O5/c1-2-17(11-24(29)28-14-18(15-28)12-25(30)31)13-27-26(32)33-16-23-21-9-5-3-7-19(21)20-8-4-6-10-22(20)23/h3-10,17-18,23H,2,11-16H2,1H3,(H,27,32)(H,30,31). The van der Waals surface area contributed by atoms with Crippen molar-refractivity contribution in [3.63, 3.8) is 0 Å². The number of hydrogen-bond donors (Lipinski definition) is 2. The van der Waals surface area contributed by atoms with E-state index in [-0.39, 0.29) is 36.7 Å². The van der Waals surface area contributed by atoms with E-state index in [9.17, 15) is 14.4 Å². The quantitative estimate of drug-likeness (QED) is 0.605. The highest BCUT2D eigenvalue weighted by molar-refractivity contribution is 5.79. The summed E-state index contributed by atoms with van der Waals surface area (Å²) < 4.78 is 5.57. The van der Waals surface area contributed by atoms with Crippen LogP contribution in [0.3, 0.4) is 0 Å².